The molecule has 8 aliphatic carbocycles. The van der Waals surface area contributed by atoms with Crippen molar-refractivity contribution in [2.45, 2.75) is 151 Å². The highest BCUT2D eigenvalue weighted by Crippen LogP contribution is 2.77. The second-order valence-corrected chi connectivity index (χ2v) is 20.6. The van der Waals surface area contributed by atoms with Crippen LogP contribution in [-0.4, -0.2) is 98.3 Å². The average molecular weight is 789 g/mol. The van der Waals surface area contributed by atoms with Gasteiger partial charge in [-0.3, -0.25) is 9.59 Å². The number of rotatable bonds is 8. The van der Waals surface area contributed by atoms with Gasteiger partial charge in [0.25, 0.3) is 0 Å². The van der Waals surface area contributed by atoms with E-state index in [1.54, 1.807) is 7.11 Å². The number of likely N-dealkylation sites (N-methyl/N-ethyl adjacent to an activating group) is 2. The highest BCUT2D eigenvalue weighted by molar-refractivity contribution is 5.85. The van der Waals surface area contributed by atoms with Crippen molar-refractivity contribution in [1.82, 2.24) is 9.80 Å². The lowest BCUT2D eigenvalue weighted by Gasteiger charge is -2.73. The van der Waals surface area contributed by atoms with E-state index in [2.05, 4.69) is 88.0 Å². The second kappa shape index (κ2) is 12.3. The maximum atomic E-state index is 13.4. The summed E-state index contributed by atoms with van der Waals surface area (Å²) in [6.07, 6.45) is 15.9. The van der Waals surface area contributed by atoms with Crippen molar-refractivity contribution in [3.63, 3.8) is 0 Å². The van der Waals surface area contributed by atoms with Gasteiger partial charge in [0.2, 0.25) is 0 Å². The zero-order valence-corrected chi connectivity index (χ0v) is 36.2. The summed E-state index contributed by atoms with van der Waals surface area (Å²) in [5.41, 5.74) is 7.29. The van der Waals surface area contributed by atoms with Gasteiger partial charge in [-0.25, -0.2) is 0 Å². The molecule has 8 bridgehead atoms. The Balaban J connectivity index is 0.000000133. The number of aryl methyl sites for hydroxylation is 2. The summed E-state index contributed by atoms with van der Waals surface area (Å²) in [7, 11) is 8.17. The molecule has 14 rings (SSSR count). The molecule has 4 heterocycles. The minimum atomic E-state index is -0.657. The Hall–Kier alpha value is -3.04. The SMILES string of the molecule is CCCC(=O)[C@H]1C[C@@]23C=C[C@]1(OC)[C@@H]1Oc4cc(C)cc5c4[C@@]12CCN(C)[C@@H]3C5.CCCC(=O)[C@H]1C[C@@]23CC[C@]1(OC)[C@@H]1Oc4cc(C)cc5c4[C@@]12CCN(C)[C@@H]3C5. The molecule has 8 nitrogen and oxygen atoms in total. The van der Waals surface area contributed by atoms with E-state index in [4.69, 9.17) is 18.9 Å². The number of likely N-dealkylation sites (tertiary alicyclic amines) is 2. The molecule has 0 amide bonds. The van der Waals surface area contributed by atoms with Gasteiger partial charge in [0.15, 0.2) is 0 Å². The number of carbonyl (C=O) groups excluding carboxylic acids is 2. The van der Waals surface area contributed by atoms with Crippen molar-refractivity contribution < 1.29 is 28.5 Å². The van der Waals surface area contributed by atoms with Gasteiger partial charge in [-0.1, -0.05) is 38.1 Å². The molecule has 0 aromatic heterocycles. The molecule has 12 aliphatic rings. The van der Waals surface area contributed by atoms with Crippen LogP contribution in [0.1, 0.15) is 111 Å². The maximum absolute atomic E-state index is 13.4. The summed E-state index contributed by atoms with van der Waals surface area (Å²) >= 11 is 0. The van der Waals surface area contributed by atoms with Crippen LogP contribution in [0.25, 0.3) is 0 Å². The van der Waals surface area contributed by atoms with Crippen LogP contribution in [0, 0.1) is 36.5 Å². The van der Waals surface area contributed by atoms with Crippen LogP contribution >= 0.6 is 0 Å². The number of carbonyl (C=O) groups is 2. The number of nitrogens with zero attached hydrogens (tertiary/aromatic N) is 2. The van der Waals surface area contributed by atoms with Gasteiger partial charge in [-0.05, 0) is 140 Å². The minimum absolute atomic E-state index is 0.0120. The Morgan fingerprint density at radius 1 is 0.707 bits per heavy atom. The molecule has 0 radical (unpaired) electrons. The summed E-state index contributed by atoms with van der Waals surface area (Å²) < 4.78 is 26.4. The topological polar surface area (TPSA) is 77.5 Å². The van der Waals surface area contributed by atoms with E-state index in [-0.39, 0.29) is 45.7 Å². The van der Waals surface area contributed by atoms with Gasteiger partial charge in [-0.2, -0.15) is 0 Å². The molecule has 2 aromatic carbocycles. The van der Waals surface area contributed by atoms with Crippen LogP contribution in [0.15, 0.2) is 36.4 Å². The summed E-state index contributed by atoms with van der Waals surface area (Å²) in [5.74, 6) is 2.71. The Kier molecular flexibility index (Phi) is 8.04. The van der Waals surface area contributed by atoms with Crippen LogP contribution in [-0.2, 0) is 42.7 Å². The summed E-state index contributed by atoms with van der Waals surface area (Å²) in [5, 5.41) is 0. The first-order chi connectivity index (χ1) is 27.9. The van der Waals surface area contributed by atoms with Crippen LogP contribution in [0.5, 0.6) is 11.5 Å². The third-order valence-electron chi connectivity index (χ3n) is 18.7. The highest BCUT2D eigenvalue weighted by Gasteiger charge is 2.82. The van der Waals surface area contributed by atoms with E-state index < -0.39 is 11.2 Å². The van der Waals surface area contributed by atoms with E-state index in [0.717, 1.165) is 88.8 Å². The van der Waals surface area contributed by atoms with Crippen molar-refractivity contribution in [1.29, 1.82) is 0 Å². The smallest absolute Gasteiger partial charge is 0.143 e. The Morgan fingerprint density at radius 2 is 1.29 bits per heavy atom. The van der Waals surface area contributed by atoms with Crippen molar-refractivity contribution in [3.05, 3.63) is 69.8 Å². The van der Waals surface area contributed by atoms with Crippen LogP contribution in [0.2, 0.25) is 0 Å². The lowest BCUT2D eigenvalue weighted by molar-refractivity contribution is -0.270. The first-order valence-electron chi connectivity index (χ1n) is 22.7. The van der Waals surface area contributed by atoms with Crippen LogP contribution < -0.4 is 9.47 Å². The lowest BCUT2D eigenvalue weighted by Crippen LogP contribution is -2.81. The lowest BCUT2D eigenvalue weighted by atomic mass is 9.34. The van der Waals surface area contributed by atoms with Gasteiger partial charge in [0.1, 0.15) is 46.5 Å². The zero-order valence-electron chi connectivity index (χ0n) is 36.2. The fourth-order valence-corrected chi connectivity index (χ4v) is 16.7. The second-order valence-electron chi connectivity index (χ2n) is 20.6. The monoisotopic (exact) mass is 788 g/mol. The van der Waals surface area contributed by atoms with Gasteiger partial charge < -0.3 is 28.7 Å². The fraction of sp³-hybridized carbons (Fsp3) is 0.680. The van der Waals surface area contributed by atoms with Gasteiger partial charge in [0, 0.05) is 66.5 Å². The molecule has 4 spiro atoms. The Bertz CT molecular complexity index is 2160. The molecule has 4 saturated carbocycles. The quantitative estimate of drug-likeness (QED) is 0.257. The number of ketones is 2. The third-order valence-corrected chi connectivity index (χ3v) is 18.7. The number of fused-ring (bicyclic) bond motifs is 3. The summed E-state index contributed by atoms with van der Waals surface area (Å²) in [6.45, 7) is 10.7. The molecule has 4 aliphatic heterocycles. The van der Waals surface area contributed by atoms with Crippen LogP contribution in [0.4, 0.5) is 0 Å². The van der Waals surface area contributed by atoms with E-state index in [9.17, 15) is 9.59 Å². The first-order valence-corrected chi connectivity index (χ1v) is 22.7. The van der Waals surface area contributed by atoms with Crippen molar-refractivity contribution >= 4 is 11.6 Å². The molecule has 2 aromatic rings. The fourth-order valence-electron chi connectivity index (χ4n) is 16.7. The van der Waals surface area contributed by atoms with Gasteiger partial charge in [-0.15, -0.1) is 0 Å². The van der Waals surface area contributed by atoms with E-state index >= 15 is 0 Å². The Labute approximate surface area is 345 Å². The van der Waals surface area contributed by atoms with Crippen molar-refractivity contribution in [2.24, 2.45) is 22.7 Å². The Morgan fingerprint density at radius 3 is 1.93 bits per heavy atom. The van der Waals surface area contributed by atoms with E-state index in [0.29, 0.717) is 36.5 Å². The largest absolute Gasteiger partial charge is 0.486 e. The molecule has 58 heavy (non-hydrogen) atoms. The zero-order chi connectivity index (χ0) is 40.4. The molecule has 310 valence electrons. The number of benzene rings is 2. The average Bonchev–Trinajstić information content (AvgIpc) is 3.75. The molecule has 0 unspecified atom stereocenters. The number of Topliss-reactive ketones (excluding diaryl/α,β-unsaturated/α-hetero) is 2. The number of hydrogen-bond acceptors (Lipinski definition) is 8. The van der Waals surface area contributed by atoms with Gasteiger partial charge >= 0.3 is 0 Å². The molecule has 12 atom stereocenters. The molecule has 8 heteroatoms. The summed E-state index contributed by atoms with van der Waals surface area (Å²) in [4.78, 5) is 31.9. The molecule has 0 N–H and O–H groups in total. The normalized spacial score (nSPS) is 43.5. The van der Waals surface area contributed by atoms with E-state index in [1.165, 1.54) is 33.4 Å². The third kappa shape index (κ3) is 4.09. The maximum Gasteiger partial charge on any atom is 0.143 e. The number of methoxy groups -OCH3 is 2. The molecular weight excluding hydrogens is 725 g/mol. The van der Waals surface area contributed by atoms with Crippen LogP contribution in [0.3, 0.4) is 0 Å². The predicted molar refractivity (Wildman–Crippen MR) is 223 cm³/mol. The minimum Gasteiger partial charge on any atom is -0.486 e. The number of hydrogen-bond donors (Lipinski definition) is 0. The summed E-state index contributed by atoms with van der Waals surface area (Å²) in [6, 6.07) is 10.1. The van der Waals surface area contributed by atoms with E-state index in [1.807, 2.05) is 7.11 Å². The molecule has 6 fully saturated rings. The molecular formula is C50H64N2O6. The molecule has 2 saturated heterocycles. The van der Waals surface area contributed by atoms with Crippen molar-refractivity contribution in [3.8, 4) is 11.5 Å². The number of piperidine rings is 2. The highest BCUT2D eigenvalue weighted by atomic mass is 16.6. The van der Waals surface area contributed by atoms with Gasteiger partial charge in [0.05, 0.1) is 17.3 Å². The number of ether oxygens (including phenoxy) is 4. The standard InChI is InChI=1S/C25H33NO3.C25H31NO3/c2*1-5-6-18(27)17-14-23-7-8-25(17,28-4)22-24(23)9-10-26(3)20(23)13-16-11-15(2)12-19(29-22)21(16)24/h11-12,17,20,22H,5-10,13-14H2,1-4H3;7-8,11-12,17,20,22H,5-6,9-10,13-14H2,1-4H3/t2*17-,20-,22-,23-,24+,25-/m11/s1. The first kappa shape index (κ1) is 37.9. The van der Waals surface area contributed by atoms with Crippen molar-refractivity contribution in [2.75, 3.05) is 41.4 Å². The predicted octanol–water partition coefficient (Wildman–Crippen LogP) is 7.39.